The third kappa shape index (κ3) is 3.81. The molecule has 3 heterocycles. The minimum atomic E-state index is -0.371. The number of rotatable bonds is 3. The summed E-state index contributed by atoms with van der Waals surface area (Å²) < 4.78 is 21.0. The van der Waals surface area contributed by atoms with Crippen molar-refractivity contribution < 1.29 is 18.7 Å². The third-order valence-electron chi connectivity index (χ3n) is 5.59. The molecule has 31 heavy (non-hydrogen) atoms. The summed E-state index contributed by atoms with van der Waals surface area (Å²) in [6, 6.07) is 9.40. The van der Waals surface area contributed by atoms with Crippen molar-refractivity contribution in [2.24, 2.45) is 5.92 Å². The number of fused-ring (bicyclic) bond motifs is 3. The number of aromatic nitrogens is 1. The van der Waals surface area contributed by atoms with E-state index < -0.39 is 0 Å². The number of carbonyl (C=O) groups is 2. The van der Waals surface area contributed by atoms with Gasteiger partial charge in [0.2, 0.25) is 0 Å². The highest BCUT2D eigenvalue weighted by molar-refractivity contribution is 7.21. The second kappa shape index (κ2) is 8.01. The number of hydrogen-bond acceptors (Lipinski definition) is 6. The number of ether oxygens (including phenoxy) is 1. The largest absolute Gasteiger partial charge is 0.426 e. The Bertz CT molecular complexity index is 1290. The Labute approximate surface area is 186 Å². The first-order chi connectivity index (χ1) is 15.0. The Kier molecular flexibility index (Phi) is 5.19. The van der Waals surface area contributed by atoms with Crippen molar-refractivity contribution in [3.63, 3.8) is 0 Å². The van der Waals surface area contributed by atoms with Crippen LogP contribution in [0.3, 0.4) is 0 Å². The van der Waals surface area contributed by atoms with E-state index >= 15 is 0 Å². The van der Waals surface area contributed by atoms with Gasteiger partial charge in [-0.05, 0) is 55.5 Å². The molecule has 0 unspecified atom stereocenters. The topological polar surface area (TPSA) is 59.5 Å². The van der Waals surface area contributed by atoms with E-state index in [1.54, 1.807) is 27.6 Å². The number of nitrogens with zero attached hydrogens (tertiary/aromatic N) is 2. The second-order valence-electron chi connectivity index (χ2n) is 7.61. The molecule has 158 valence electrons. The Morgan fingerprint density at radius 2 is 1.90 bits per heavy atom. The van der Waals surface area contributed by atoms with Crippen LogP contribution in [-0.4, -0.2) is 34.8 Å². The maximum atomic E-state index is 13.1. The van der Waals surface area contributed by atoms with E-state index in [9.17, 15) is 14.0 Å². The highest BCUT2D eigenvalue weighted by Gasteiger charge is 2.29. The number of hydrogen-bond donors (Lipinski definition) is 0. The van der Waals surface area contributed by atoms with Gasteiger partial charge in [-0.3, -0.25) is 9.59 Å². The molecule has 0 spiro atoms. The first kappa shape index (κ1) is 20.1. The molecule has 2 aromatic carbocycles. The maximum Gasteiger partial charge on any atom is 0.314 e. The molecule has 1 saturated heterocycles. The molecule has 5 nitrogen and oxygen atoms in total. The van der Waals surface area contributed by atoms with Crippen LogP contribution in [0, 0.1) is 18.7 Å². The molecule has 0 saturated carbocycles. The number of esters is 1. The summed E-state index contributed by atoms with van der Waals surface area (Å²) in [6.07, 6.45) is 1.08. The Morgan fingerprint density at radius 3 is 2.65 bits per heavy atom. The Hall–Kier alpha value is -2.84. The molecular weight excluding hydrogens is 435 g/mol. The summed E-state index contributed by atoms with van der Waals surface area (Å²) in [4.78, 5) is 31.8. The van der Waals surface area contributed by atoms with Gasteiger partial charge in [0.25, 0.3) is 5.91 Å². The lowest BCUT2D eigenvalue weighted by molar-refractivity contribution is -0.140. The molecule has 4 aromatic rings. The lowest BCUT2D eigenvalue weighted by atomic mass is 9.96. The summed E-state index contributed by atoms with van der Waals surface area (Å²) in [5.74, 6) is -0.462. The lowest BCUT2D eigenvalue weighted by Gasteiger charge is -2.31. The smallest absolute Gasteiger partial charge is 0.314 e. The highest BCUT2D eigenvalue weighted by atomic mass is 32.1. The van der Waals surface area contributed by atoms with Gasteiger partial charge < -0.3 is 9.64 Å². The van der Waals surface area contributed by atoms with Crippen LogP contribution >= 0.6 is 22.7 Å². The van der Waals surface area contributed by atoms with E-state index in [1.165, 1.54) is 24.3 Å². The average molecular weight is 455 g/mol. The number of thiazole rings is 1. The van der Waals surface area contributed by atoms with Gasteiger partial charge >= 0.3 is 5.97 Å². The van der Waals surface area contributed by atoms with Gasteiger partial charge in [-0.15, -0.1) is 22.7 Å². The van der Waals surface area contributed by atoms with Crippen molar-refractivity contribution in [1.29, 1.82) is 0 Å². The van der Waals surface area contributed by atoms with Gasteiger partial charge in [-0.2, -0.15) is 0 Å². The number of carbonyl (C=O) groups excluding carboxylic acids is 2. The van der Waals surface area contributed by atoms with Crippen molar-refractivity contribution in [3.8, 4) is 5.75 Å². The predicted octanol–water partition coefficient (Wildman–Crippen LogP) is 5.42. The molecule has 1 aliphatic rings. The normalized spacial score (nSPS) is 15.0. The zero-order valence-corrected chi connectivity index (χ0v) is 18.4. The number of halogens is 1. The summed E-state index contributed by atoms with van der Waals surface area (Å²) in [5, 5.41) is 3.86. The van der Waals surface area contributed by atoms with Crippen LogP contribution in [0.25, 0.3) is 20.3 Å². The highest BCUT2D eigenvalue weighted by Crippen LogP contribution is 2.39. The van der Waals surface area contributed by atoms with Crippen molar-refractivity contribution in [1.82, 2.24) is 9.88 Å². The zero-order chi connectivity index (χ0) is 21.5. The summed E-state index contributed by atoms with van der Waals surface area (Å²) in [5.41, 5.74) is 1.41. The van der Waals surface area contributed by atoms with Gasteiger partial charge in [-0.1, -0.05) is 0 Å². The molecule has 8 heteroatoms. The number of piperidine rings is 1. The molecule has 0 atom stereocenters. The van der Waals surface area contributed by atoms with Gasteiger partial charge in [0.15, 0.2) is 0 Å². The fourth-order valence-corrected chi connectivity index (χ4v) is 5.79. The number of likely N-dealkylation sites (tertiary alicyclic amines) is 1. The van der Waals surface area contributed by atoms with Crippen molar-refractivity contribution in [2.75, 3.05) is 13.1 Å². The summed E-state index contributed by atoms with van der Waals surface area (Å²) >= 11 is 3.18. The van der Waals surface area contributed by atoms with E-state index in [1.807, 2.05) is 24.4 Å². The minimum absolute atomic E-state index is 0.141. The summed E-state index contributed by atoms with van der Waals surface area (Å²) in [6.45, 7) is 2.91. The predicted molar refractivity (Wildman–Crippen MR) is 120 cm³/mol. The van der Waals surface area contributed by atoms with E-state index in [0.717, 1.165) is 25.3 Å². The van der Waals surface area contributed by atoms with E-state index in [0.29, 0.717) is 37.2 Å². The van der Waals surface area contributed by atoms with Crippen LogP contribution in [0.4, 0.5) is 4.39 Å². The molecule has 1 fully saturated rings. The summed E-state index contributed by atoms with van der Waals surface area (Å²) in [7, 11) is 0. The lowest BCUT2D eigenvalue weighted by Crippen LogP contribution is -2.41. The minimum Gasteiger partial charge on any atom is -0.426 e. The van der Waals surface area contributed by atoms with Crippen LogP contribution in [0.1, 0.15) is 28.2 Å². The van der Waals surface area contributed by atoms with Crippen LogP contribution in [0.2, 0.25) is 0 Å². The molecule has 1 amide bonds. The van der Waals surface area contributed by atoms with Crippen LogP contribution in [-0.2, 0) is 4.79 Å². The Balaban J connectivity index is 1.28. The van der Waals surface area contributed by atoms with Crippen LogP contribution in [0.15, 0.2) is 41.8 Å². The molecule has 2 aromatic heterocycles. The first-order valence-corrected chi connectivity index (χ1v) is 11.7. The van der Waals surface area contributed by atoms with Crippen molar-refractivity contribution >= 4 is 54.9 Å². The van der Waals surface area contributed by atoms with E-state index in [2.05, 4.69) is 4.98 Å². The monoisotopic (exact) mass is 454 g/mol. The molecule has 0 aliphatic carbocycles. The molecular formula is C23H19FN2O3S2. The maximum absolute atomic E-state index is 13.1. The number of benzene rings is 2. The molecule has 1 aliphatic heterocycles. The van der Waals surface area contributed by atoms with Crippen LogP contribution < -0.4 is 4.74 Å². The third-order valence-corrected chi connectivity index (χ3v) is 7.42. The molecule has 0 bridgehead atoms. The van der Waals surface area contributed by atoms with Gasteiger partial charge in [-0.25, -0.2) is 9.37 Å². The number of thiophene rings is 1. The quantitative estimate of drug-likeness (QED) is 0.307. The fourth-order valence-electron chi connectivity index (χ4n) is 3.96. The molecule has 0 N–H and O–H groups in total. The van der Waals surface area contributed by atoms with Gasteiger partial charge in [0, 0.05) is 30.1 Å². The Morgan fingerprint density at radius 1 is 1.16 bits per heavy atom. The van der Waals surface area contributed by atoms with Crippen molar-refractivity contribution in [2.45, 2.75) is 19.8 Å². The molecule has 0 radical (unpaired) electrons. The SMILES string of the molecule is Cc1nc2c(cc(OC(=O)C3CCN(C(=O)c4ccc(F)cc4)CC3)c3ccsc32)s1. The van der Waals surface area contributed by atoms with Gasteiger partial charge in [0.1, 0.15) is 11.6 Å². The fraction of sp³-hybridized carbons (Fsp3) is 0.261. The van der Waals surface area contributed by atoms with Crippen molar-refractivity contribution in [3.05, 3.63) is 58.2 Å². The van der Waals surface area contributed by atoms with E-state index in [4.69, 9.17) is 4.74 Å². The van der Waals surface area contributed by atoms with Gasteiger partial charge in [0.05, 0.1) is 25.8 Å². The molecule has 5 rings (SSSR count). The van der Waals surface area contributed by atoms with Crippen LogP contribution in [0.5, 0.6) is 5.75 Å². The first-order valence-electron chi connectivity index (χ1n) is 10.0. The van der Waals surface area contributed by atoms with E-state index in [-0.39, 0.29) is 23.6 Å². The standard InChI is InChI=1S/C23H19FN2O3S2/c1-13-25-20-19(31-13)12-18(17-8-11-30-21(17)20)29-23(28)15-6-9-26(10-7-15)22(27)14-2-4-16(24)5-3-14/h2-5,8,11-12,15H,6-7,9-10H2,1H3. The number of amides is 1. The average Bonchev–Trinajstić information content (AvgIpc) is 3.40. The zero-order valence-electron chi connectivity index (χ0n) is 16.8. The second-order valence-corrected chi connectivity index (χ2v) is 9.76. The number of aryl methyl sites for hydroxylation is 1.